The Labute approximate surface area is 208 Å². The number of hydrogen-bond acceptors (Lipinski definition) is 7. The molecule has 0 radical (unpaired) electrons. The molecule has 0 bridgehead atoms. The largest absolute Gasteiger partial charge is 0.482 e. The normalized spacial score (nSPS) is 14.5. The Balaban J connectivity index is 1.26. The first kappa shape index (κ1) is 24.3. The lowest BCUT2D eigenvalue weighted by Crippen LogP contribution is -2.32. The van der Waals surface area contributed by atoms with Gasteiger partial charge in [-0.15, -0.1) is 0 Å². The van der Waals surface area contributed by atoms with Gasteiger partial charge in [0.1, 0.15) is 12.4 Å². The number of benzene rings is 2. The monoisotopic (exact) mass is 488 g/mol. The van der Waals surface area contributed by atoms with E-state index in [-0.39, 0.29) is 31.4 Å². The van der Waals surface area contributed by atoms with Crippen LogP contribution in [-0.4, -0.2) is 54.4 Å². The summed E-state index contributed by atoms with van der Waals surface area (Å²) in [7, 11) is 0. The SMILES string of the molecule is CSN=C=C1C=CC2=C(C1)CN(CC(=O)c1ccc(OCC(=O)OCc3ccccc3)cc1)C2=O. The maximum atomic E-state index is 12.8. The van der Waals surface area contributed by atoms with Gasteiger partial charge < -0.3 is 14.4 Å². The highest BCUT2D eigenvalue weighted by Crippen LogP contribution is 2.29. The van der Waals surface area contributed by atoms with Gasteiger partial charge in [-0.1, -0.05) is 30.3 Å². The molecule has 1 aliphatic carbocycles. The molecular weight excluding hydrogens is 464 g/mol. The Kier molecular flexibility index (Phi) is 7.98. The van der Waals surface area contributed by atoms with Crippen molar-refractivity contribution < 1.29 is 23.9 Å². The molecule has 2 aromatic carbocycles. The fraction of sp³-hybridized carbons (Fsp3) is 0.222. The number of amides is 1. The average Bonchev–Trinajstić information content (AvgIpc) is 3.20. The van der Waals surface area contributed by atoms with E-state index in [1.807, 2.05) is 42.7 Å². The minimum absolute atomic E-state index is 0.0103. The molecule has 0 saturated carbocycles. The molecule has 7 nitrogen and oxygen atoms in total. The lowest BCUT2D eigenvalue weighted by molar-refractivity contribution is -0.147. The molecule has 8 heteroatoms. The van der Waals surface area contributed by atoms with E-state index >= 15 is 0 Å². The minimum Gasteiger partial charge on any atom is -0.482 e. The van der Waals surface area contributed by atoms with Crippen LogP contribution in [0.2, 0.25) is 0 Å². The molecule has 2 aliphatic rings. The van der Waals surface area contributed by atoms with Crippen LogP contribution in [-0.2, 0) is 20.9 Å². The van der Waals surface area contributed by atoms with E-state index in [1.54, 1.807) is 35.2 Å². The molecule has 0 atom stereocenters. The van der Waals surface area contributed by atoms with E-state index in [1.165, 1.54) is 11.9 Å². The van der Waals surface area contributed by atoms with Crippen LogP contribution in [0.1, 0.15) is 22.3 Å². The Hall–Kier alpha value is -3.87. The third-order valence-corrected chi connectivity index (χ3v) is 5.80. The number of Topliss-reactive ketones (excluding diaryl/α,β-unsaturated/α-hetero) is 1. The van der Waals surface area contributed by atoms with Crippen molar-refractivity contribution in [3.8, 4) is 5.75 Å². The van der Waals surface area contributed by atoms with Gasteiger partial charge in [-0.05, 0) is 65.4 Å². The van der Waals surface area contributed by atoms with Crippen LogP contribution >= 0.6 is 11.9 Å². The first-order chi connectivity index (χ1) is 17.0. The maximum absolute atomic E-state index is 12.8. The van der Waals surface area contributed by atoms with Gasteiger partial charge in [0.05, 0.1) is 6.54 Å². The lowest BCUT2D eigenvalue weighted by atomic mass is 9.97. The number of esters is 1. The summed E-state index contributed by atoms with van der Waals surface area (Å²) in [5.41, 5.74) is 3.90. The number of carbonyl (C=O) groups excluding carboxylic acids is 3. The van der Waals surface area contributed by atoms with Crippen LogP contribution < -0.4 is 4.74 Å². The molecule has 35 heavy (non-hydrogen) atoms. The zero-order valence-corrected chi connectivity index (χ0v) is 20.0. The number of nitrogens with zero attached hydrogens (tertiary/aromatic N) is 2. The number of ether oxygens (including phenoxy) is 2. The molecule has 0 spiro atoms. The first-order valence-electron chi connectivity index (χ1n) is 11.0. The lowest BCUT2D eigenvalue weighted by Gasteiger charge is -2.16. The summed E-state index contributed by atoms with van der Waals surface area (Å²) in [6, 6.07) is 15.9. The molecule has 178 valence electrons. The summed E-state index contributed by atoms with van der Waals surface area (Å²) in [5.74, 6) is 2.62. The van der Waals surface area contributed by atoms with Crippen LogP contribution in [0, 0.1) is 0 Å². The van der Waals surface area contributed by atoms with Gasteiger partial charge in [0, 0.05) is 35.9 Å². The molecule has 2 aromatic rings. The van der Waals surface area contributed by atoms with Crippen molar-refractivity contribution in [2.75, 3.05) is 26.0 Å². The molecule has 0 unspecified atom stereocenters. The molecule has 1 aliphatic heterocycles. The van der Waals surface area contributed by atoms with E-state index in [9.17, 15) is 14.4 Å². The summed E-state index contributed by atoms with van der Waals surface area (Å²) in [4.78, 5) is 39.0. The number of rotatable bonds is 9. The van der Waals surface area contributed by atoms with E-state index in [2.05, 4.69) is 10.3 Å². The second-order valence-electron chi connectivity index (χ2n) is 7.98. The third kappa shape index (κ3) is 6.38. The number of allylic oxidation sites excluding steroid dienone is 2. The van der Waals surface area contributed by atoms with E-state index in [0.717, 1.165) is 16.7 Å². The molecule has 1 heterocycles. The second-order valence-corrected chi connectivity index (χ2v) is 8.53. The first-order valence-corrected chi connectivity index (χ1v) is 12.2. The zero-order chi connectivity index (χ0) is 24.6. The molecule has 0 aromatic heterocycles. The Morgan fingerprint density at radius 2 is 1.86 bits per heavy atom. The standard InChI is InChI=1S/C27H24N2O5S/c1-35-28-14-20-7-12-24-22(13-20)15-29(27(24)32)16-25(30)21-8-10-23(11-9-21)33-18-26(31)34-17-19-5-3-2-4-6-19/h2-12H,13,15-18H2,1H3. The smallest absolute Gasteiger partial charge is 0.344 e. The highest BCUT2D eigenvalue weighted by Gasteiger charge is 2.31. The third-order valence-electron chi connectivity index (χ3n) is 5.53. The molecule has 4 rings (SSSR count). The summed E-state index contributed by atoms with van der Waals surface area (Å²) in [6.07, 6.45) is 6.09. The number of carbonyl (C=O) groups is 3. The van der Waals surface area contributed by atoms with Crippen LogP contribution in [0.3, 0.4) is 0 Å². The Morgan fingerprint density at radius 3 is 2.60 bits per heavy atom. The van der Waals surface area contributed by atoms with E-state index in [0.29, 0.717) is 29.9 Å². The van der Waals surface area contributed by atoms with Crippen molar-refractivity contribution in [2.45, 2.75) is 13.0 Å². The van der Waals surface area contributed by atoms with Gasteiger partial charge in [-0.25, -0.2) is 4.79 Å². The van der Waals surface area contributed by atoms with Gasteiger partial charge >= 0.3 is 5.97 Å². The van der Waals surface area contributed by atoms with Gasteiger partial charge in [0.15, 0.2) is 12.4 Å². The van der Waals surface area contributed by atoms with Crippen LogP contribution in [0.25, 0.3) is 0 Å². The summed E-state index contributed by atoms with van der Waals surface area (Å²) >= 11 is 1.32. The molecule has 0 fully saturated rings. The Bertz CT molecular complexity index is 1240. The summed E-state index contributed by atoms with van der Waals surface area (Å²) in [6.45, 7) is 0.360. The fourth-order valence-corrected chi connectivity index (χ4v) is 3.96. The molecule has 1 amide bonds. The second kappa shape index (κ2) is 11.5. The van der Waals surface area contributed by atoms with Crippen molar-refractivity contribution in [2.24, 2.45) is 4.40 Å². The van der Waals surface area contributed by atoms with E-state index in [4.69, 9.17) is 9.47 Å². The predicted molar refractivity (Wildman–Crippen MR) is 134 cm³/mol. The summed E-state index contributed by atoms with van der Waals surface area (Å²) < 4.78 is 14.7. The predicted octanol–water partition coefficient (Wildman–Crippen LogP) is 3.96. The van der Waals surface area contributed by atoms with Crippen LogP contribution in [0.4, 0.5) is 0 Å². The molecule has 0 saturated heterocycles. The van der Waals surface area contributed by atoms with Crippen LogP contribution in [0.15, 0.2) is 87.9 Å². The summed E-state index contributed by atoms with van der Waals surface area (Å²) in [5, 5.41) is 0. The minimum atomic E-state index is -0.482. The molecule has 0 N–H and O–H groups in total. The van der Waals surface area contributed by atoms with Crippen LogP contribution in [0.5, 0.6) is 5.75 Å². The van der Waals surface area contributed by atoms with Crippen molar-refractivity contribution in [1.29, 1.82) is 0 Å². The van der Waals surface area contributed by atoms with Crippen molar-refractivity contribution in [1.82, 2.24) is 4.90 Å². The molecular formula is C27H24N2O5S. The maximum Gasteiger partial charge on any atom is 0.344 e. The van der Waals surface area contributed by atoms with Gasteiger partial charge in [0.2, 0.25) is 0 Å². The number of ketones is 1. The van der Waals surface area contributed by atoms with Crippen molar-refractivity contribution >= 4 is 35.5 Å². The Morgan fingerprint density at radius 1 is 1.09 bits per heavy atom. The highest BCUT2D eigenvalue weighted by atomic mass is 32.2. The van der Waals surface area contributed by atoms with Crippen molar-refractivity contribution in [3.63, 3.8) is 0 Å². The fourth-order valence-electron chi connectivity index (χ4n) is 3.75. The van der Waals surface area contributed by atoms with E-state index < -0.39 is 5.97 Å². The van der Waals surface area contributed by atoms with Gasteiger partial charge in [0.25, 0.3) is 5.91 Å². The topological polar surface area (TPSA) is 85.3 Å². The number of hydrogen-bond donors (Lipinski definition) is 0. The van der Waals surface area contributed by atoms with Crippen molar-refractivity contribution in [3.05, 3.63) is 94.6 Å². The van der Waals surface area contributed by atoms with Gasteiger partial charge in [-0.2, -0.15) is 4.40 Å². The average molecular weight is 489 g/mol. The van der Waals surface area contributed by atoms with Gasteiger partial charge in [-0.3, -0.25) is 9.59 Å². The highest BCUT2D eigenvalue weighted by molar-refractivity contribution is 7.97. The quantitative estimate of drug-likeness (QED) is 0.230. The zero-order valence-electron chi connectivity index (χ0n) is 19.2.